The van der Waals surface area contributed by atoms with Crippen molar-refractivity contribution >= 4 is 5.97 Å². The molecule has 2 heterocycles. The van der Waals surface area contributed by atoms with Gasteiger partial charge in [-0.15, -0.1) is 0 Å². The van der Waals surface area contributed by atoms with Gasteiger partial charge in [0.1, 0.15) is 29.8 Å². The molecule has 0 spiro atoms. The lowest BCUT2D eigenvalue weighted by Gasteiger charge is -2.20. The average molecular weight is 276 g/mol. The van der Waals surface area contributed by atoms with E-state index < -0.39 is 0 Å². The predicted octanol–water partition coefficient (Wildman–Crippen LogP) is 1.98. The zero-order valence-corrected chi connectivity index (χ0v) is 11.4. The molecule has 1 fully saturated rings. The van der Waals surface area contributed by atoms with Crippen LogP contribution in [-0.2, 0) is 19.0 Å². The number of carbonyl (C=O) groups is 1. The van der Waals surface area contributed by atoms with E-state index in [-0.39, 0.29) is 24.3 Å². The van der Waals surface area contributed by atoms with Crippen LogP contribution in [0.3, 0.4) is 0 Å². The van der Waals surface area contributed by atoms with E-state index in [0.29, 0.717) is 12.2 Å². The maximum Gasteiger partial charge on any atom is 0.334 e. The minimum Gasteiger partial charge on any atom is -0.501 e. The molecule has 20 heavy (non-hydrogen) atoms. The smallest absolute Gasteiger partial charge is 0.334 e. The highest BCUT2D eigenvalue weighted by Gasteiger charge is 2.49. The topological polar surface area (TPSA) is 57.3 Å². The number of esters is 1. The molecule has 0 bridgehead atoms. The molecule has 0 N–H and O–H groups in total. The second-order valence-electron chi connectivity index (χ2n) is 4.79. The molecule has 0 aliphatic carbocycles. The summed E-state index contributed by atoms with van der Waals surface area (Å²) in [6.45, 7) is 0. The van der Waals surface area contributed by atoms with Crippen molar-refractivity contribution in [1.29, 1.82) is 0 Å². The quantitative estimate of drug-likeness (QED) is 0.621. The van der Waals surface area contributed by atoms with E-state index in [1.807, 2.05) is 24.3 Å². The monoisotopic (exact) mass is 276 g/mol. The van der Waals surface area contributed by atoms with Crippen molar-refractivity contribution in [2.45, 2.75) is 24.7 Å². The summed E-state index contributed by atoms with van der Waals surface area (Å²) in [5.41, 5.74) is 1.06. The van der Waals surface area contributed by atoms with E-state index in [1.165, 1.54) is 6.08 Å². The number of benzene rings is 1. The van der Waals surface area contributed by atoms with Crippen molar-refractivity contribution in [1.82, 2.24) is 0 Å². The van der Waals surface area contributed by atoms with E-state index >= 15 is 0 Å². The summed E-state index contributed by atoms with van der Waals surface area (Å²) in [5, 5.41) is 0. The third-order valence-corrected chi connectivity index (χ3v) is 3.55. The summed E-state index contributed by atoms with van der Waals surface area (Å²) in [6.07, 6.45) is 1.51. The first-order chi connectivity index (χ1) is 9.71. The third kappa shape index (κ3) is 2.49. The molecule has 1 aromatic carbocycles. The van der Waals surface area contributed by atoms with Crippen molar-refractivity contribution in [2.24, 2.45) is 0 Å². The SMILES string of the molecule is COC1=CC(=O)OC(C2OC2c2ccc(OC)cc2)C1. The molecule has 0 radical (unpaired) electrons. The average Bonchev–Trinajstić information content (AvgIpc) is 3.27. The van der Waals surface area contributed by atoms with Crippen LogP contribution in [0.5, 0.6) is 5.75 Å². The zero-order chi connectivity index (χ0) is 14.1. The van der Waals surface area contributed by atoms with Crippen LogP contribution in [0, 0.1) is 0 Å². The number of methoxy groups -OCH3 is 2. The largest absolute Gasteiger partial charge is 0.501 e. The van der Waals surface area contributed by atoms with Crippen LogP contribution in [0.1, 0.15) is 18.1 Å². The Bertz CT molecular complexity index is 534. The van der Waals surface area contributed by atoms with Gasteiger partial charge >= 0.3 is 5.97 Å². The Labute approximate surface area is 117 Å². The highest BCUT2D eigenvalue weighted by Crippen LogP contribution is 2.44. The zero-order valence-electron chi connectivity index (χ0n) is 11.4. The number of hydrogen-bond donors (Lipinski definition) is 0. The molecule has 2 aliphatic rings. The fourth-order valence-corrected chi connectivity index (χ4v) is 2.41. The Morgan fingerprint density at radius 2 is 1.90 bits per heavy atom. The predicted molar refractivity (Wildman–Crippen MR) is 70.2 cm³/mol. The molecule has 0 aromatic heterocycles. The Hall–Kier alpha value is -2.01. The van der Waals surface area contributed by atoms with Gasteiger partial charge in [0.05, 0.1) is 20.3 Å². The number of cyclic esters (lactones) is 1. The summed E-state index contributed by atoms with van der Waals surface area (Å²) < 4.78 is 21.2. The lowest BCUT2D eigenvalue weighted by Crippen LogP contribution is -2.28. The summed E-state index contributed by atoms with van der Waals surface area (Å²) in [5.74, 6) is 1.07. The fourth-order valence-electron chi connectivity index (χ4n) is 2.41. The number of rotatable bonds is 4. The van der Waals surface area contributed by atoms with Crippen LogP contribution >= 0.6 is 0 Å². The molecule has 106 valence electrons. The lowest BCUT2D eigenvalue weighted by atomic mass is 10.0. The highest BCUT2D eigenvalue weighted by atomic mass is 16.6. The van der Waals surface area contributed by atoms with Crippen molar-refractivity contribution in [3.63, 3.8) is 0 Å². The van der Waals surface area contributed by atoms with E-state index in [9.17, 15) is 4.79 Å². The van der Waals surface area contributed by atoms with Crippen LogP contribution < -0.4 is 4.74 Å². The molecule has 3 atom stereocenters. The highest BCUT2D eigenvalue weighted by molar-refractivity contribution is 5.83. The van der Waals surface area contributed by atoms with Crippen LogP contribution in [-0.4, -0.2) is 32.4 Å². The van der Waals surface area contributed by atoms with Gasteiger partial charge in [-0.05, 0) is 17.7 Å². The lowest BCUT2D eigenvalue weighted by molar-refractivity contribution is -0.146. The van der Waals surface area contributed by atoms with E-state index in [0.717, 1.165) is 11.3 Å². The number of hydrogen-bond acceptors (Lipinski definition) is 5. The van der Waals surface area contributed by atoms with Crippen LogP contribution in [0.25, 0.3) is 0 Å². The maximum atomic E-state index is 11.5. The van der Waals surface area contributed by atoms with Crippen molar-refractivity contribution in [2.75, 3.05) is 14.2 Å². The molecule has 0 amide bonds. The standard InChI is InChI=1S/C15H16O5/c1-17-10-5-3-9(4-6-10)14-15(20-14)12-7-11(18-2)8-13(16)19-12/h3-6,8,12,14-15H,7H2,1-2H3. The molecule has 5 heteroatoms. The minimum atomic E-state index is -0.373. The normalized spacial score (nSPS) is 28.4. The van der Waals surface area contributed by atoms with E-state index in [2.05, 4.69) is 0 Å². The van der Waals surface area contributed by atoms with Gasteiger partial charge in [-0.3, -0.25) is 0 Å². The van der Waals surface area contributed by atoms with Gasteiger partial charge < -0.3 is 18.9 Å². The summed E-state index contributed by atoms with van der Waals surface area (Å²) in [4.78, 5) is 11.5. The van der Waals surface area contributed by atoms with Gasteiger partial charge in [-0.25, -0.2) is 4.79 Å². The number of carbonyl (C=O) groups excluding carboxylic acids is 1. The Morgan fingerprint density at radius 3 is 2.55 bits per heavy atom. The molecule has 1 aromatic rings. The van der Waals surface area contributed by atoms with E-state index in [1.54, 1.807) is 14.2 Å². The maximum absolute atomic E-state index is 11.5. The van der Waals surface area contributed by atoms with E-state index in [4.69, 9.17) is 18.9 Å². The fraction of sp³-hybridized carbons (Fsp3) is 0.400. The van der Waals surface area contributed by atoms with Crippen LogP contribution in [0.15, 0.2) is 36.1 Å². The first-order valence-corrected chi connectivity index (χ1v) is 6.46. The number of ether oxygens (including phenoxy) is 4. The summed E-state index contributed by atoms with van der Waals surface area (Å²) in [6, 6.07) is 7.70. The summed E-state index contributed by atoms with van der Waals surface area (Å²) >= 11 is 0. The molecule has 1 saturated heterocycles. The van der Waals surface area contributed by atoms with Gasteiger partial charge in [-0.2, -0.15) is 0 Å². The third-order valence-electron chi connectivity index (χ3n) is 3.55. The molecule has 0 saturated carbocycles. The van der Waals surface area contributed by atoms with Crippen molar-refractivity contribution in [3.05, 3.63) is 41.7 Å². The second kappa shape index (κ2) is 5.17. The first-order valence-electron chi connectivity index (χ1n) is 6.46. The van der Waals surface area contributed by atoms with Gasteiger partial charge in [0.25, 0.3) is 0 Å². The molecule has 3 unspecified atom stereocenters. The van der Waals surface area contributed by atoms with Gasteiger partial charge in [0.15, 0.2) is 0 Å². The minimum absolute atomic E-state index is 0.0325. The Morgan fingerprint density at radius 1 is 1.15 bits per heavy atom. The van der Waals surface area contributed by atoms with Crippen LogP contribution in [0.4, 0.5) is 0 Å². The van der Waals surface area contributed by atoms with Crippen molar-refractivity contribution in [3.8, 4) is 5.75 Å². The van der Waals surface area contributed by atoms with Crippen LogP contribution in [0.2, 0.25) is 0 Å². The molecule has 3 rings (SSSR count). The van der Waals surface area contributed by atoms with Crippen molar-refractivity contribution < 1.29 is 23.7 Å². The molecular formula is C15H16O5. The molecular weight excluding hydrogens is 260 g/mol. The number of epoxide rings is 1. The van der Waals surface area contributed by atoms with Gasteiger partial charge in [0, 0.05) is 6.42 Å². The van der Waals surface area contributed by atoms with Gasteiger partial charge in [0.2, 0.25) is 0 Å². The summed E-state index contributed by atoms with van der Waals surface area (Å²) in [7, 11) is 3.18. The Balaban J connectivity index is 1.66. The first kappa shape index (κ1) is 13.0. The second-order valence-corrected chi connectivity index (χ2v) is 4.79. The Kier molecular flexibility index (Phi) is 3.36. The molecule has 2 aliphatic heterocycles. The molecule has 5 nitrogen and oxygen atoms in total. The van der Waals surface area contributed by atoms with Gasteiger partial charge in [-0.1, -0.05) is 12.1 Å².